The van der Waals surface area contributed by atoms with Crippen molar-refractivity contribution in [2.75, 3.05) is 5.32 Å². The van der Waals surface area contributed by atoms with Gasteiger partial charge >= 0.3 is 0 Å². The van der Waals surface area contributed by atoms with Gasteiger partial charge in [-0.05, 0) is 43.7 Å². The van der Waals surface area contributed by atoms with E-state index in [4.69, 9.17) is 0 Å². The molecule has 0 aliphatic rings. The van der Waals surface area contributed by atoms with E-state index in [9.17, 15) is 9.50 Å². The number of hydrogen-bond donors (Lipinski definition) is 2. The van der Waals surface area contributed by atoms with Gasteiger partial charge in [-0.25, -0.2) is 4.39 Å². The van der Waals surface area contributed by atoms with Gasteiger partial charge in [0.15, 0.2) is 0 Å². The maximum atomic E-state index is 13.6. The van der Waals surface area contributed by atoms with Crippen molar-refractivity contribution in [3.63, 3.8) is 0 Å². The number of hydrogen-bond acceptors (Lipinski definition) is 2. The first-order valence-corrected chi connectivity index (χ1v) is 5.88. The fraction of sp³-hybridized carbons (Fsp3) is 0.200. The number of rotatable bonds is 3. The lowest BCUT2D eigenvalue weighted by atomic mass is 10.1. The summed E-state index contributed by atoms with van der Waals surface area (Å²) >= 11 is 0. The number of aryl methyl sites for hydroxylation is 1. The maximum absolute atomic E-state index is 13.6. The van der Waals surface area contributed by atoms with Gasteiger partial charge in [0.1, 0.15) is 11.6 Å². The Morgan fingerprint density at radius 2 is 1.89 bits per heavy atom. The fourth-order valence-electron chi connectivity index (χ4n) is 1.95. The topological polar surface area (TPSA) is 32.3 Å². The molecule has 2 nitrogen and oxygen atoms in total. The van der Waals surface area contributed by atoms with Crippen LogP contribution in [0, 0.1) is 12.7 Å². The van der Waals surface area contributed by atoms with Crippen LogP contribution in [0.2, 0.25) is 0 Å². The highest BCUT2D eigenvalue weighted by molar-refractivity contribution is 5.54. The number of phenols is 1. The van der Waals surface area contributed by atoms with Gasteiger partial charge in [0.05, 0.1) is 6.04 Å². The van der Waals surface area contributed by atoms with Crippen molar-refractivity contribution in [2.45, 2.75) is 19.9 Å². The van der Waals surface area contributed by atoms with E-state index in [2.05, 4.69) is 5.32 Å². The van der Waals surface area contributed by atoms with E-state index < -0.39 is 0 Å². The Labute approximate surface area is 106 Å². The third kappa shape index (κ3) is 2.62. The molecule has 0 spiro atoms. The lowest BCUT2D eigenvalue weighted by Gasteiger charge is -2.18. The molecule has 0 fully saturated rings. The monoisotopic (exact) mass is 245 g/mol. The molecule has 94 valence electrons. The van der Waals surface area contributed by atoms with Gasteiger partial charge in [-0.1, -0.05) is 18.2 Å². The zero-order valence-corrected chi connectivity index (χ0v) is 10.4. The van der Waals surface area contributed by atoms with Crippen molar-refractivity contribution in [1.29, 1.82) is 0 Å². The summed E-state index contributed by atoms with van der Waals surface area (Å²) in [6.07, 6.45) is 0. The SMILES string of the molecule is Cc1cc(O)ccc1NC(C)c1ccccc1F. The van der Waals surface area contributed by atoms with E-state index in [1.54, 1.807) is 30.3 Å². The molecular weight excluding hydrogens is 229 g/mol. The quantitative estimate of drug-likeness (QED) is 0.801. The lowest BCUT2D eigenvalue weighted by molar-refractivity contribution is 0.475. The Morgan fingerprint density at radius 1 is 1.17 bits per heavy atom. The smallest absolute Gasteiger partial charge is 0.128 e. The number of aromatic hydroxyl groups is 1. The highest BCUT2D eigenvalue weighted by atomic mass is 19.1. The summed E-state index contributed by atoms with van der Waals surface area (Å²) in [6.45, 7) is 3.81. The van der Waals surface area contributed by atoms with Crippen LogP contribution >= 0.6 is 0 Å². The average Bonchev–Trinajstić information content (AvgIpc) is 2.33. The Bertz CT molecular complexity index is 554. The molecule has 1 atom stereocenters. The molecule has 0 amide bonds. The van der Waals surface area contributed by atoms with Crippen LogP contribution in [0.15, 0.2) is 42.5 Å². The molecule has 2 aromatic rings. The number of halogens is 1. The fourth-order valence-corrected chi connectivity index (χ4v) is 1.95. The summed E-state index contributed by atoms with van der Waals surface area (Å²) < 4.78 is 13.6. The molecule has 0 aliphatic heterocycles. The van der Waals surface area contributed by atoms with E-state index >= 15 is 0 Å². The first-order chi connectivity index (χ1) is 8.58. The van der Waals surface area contributed by atoms with Gasteiger partial charge in [0.25, 0.3) is 0 Å². The molecular formula is C15H16FNO. The van der Waals surface area contributed by atoms with Crippen LogP contribution in [0.3, 0.4) is 0 Å². The Morgan fingerprint density at radius 3 is 2.56 bits per heavy atom. The zero-order valence-electron chi connectivity index (χ0n) is 10.4. The summed E-state index contributed by atoms with van der Waals surface area (Å²) in [5.41, 5.74) is 2.45. The highest BCUT2D eigenvalue weighted by Gasteiger charge is 2.10. The number of nitrogens with one attached hydrogen (secondary N) is 1. The van der Waals surface area contributed by atoms with Crippen LogP contribution in [-0.4, -0.2) is 5.11 Å². The minimum absolute atomic E-state index is 0.130. The Kier molecular flexibility index (Phi) is 3.51. The molecule has 3 heteroatoms. The average molecular weight is 245 g/mol. The first kappa shape index (κ1) is 12.4. The molecule has 2 aromatic carbocycles. The molecule has 0 heterocycles. The second kappa shape index (κ2) is 5.08. The van der Waals surface area contributed by atoms with Crippen molar-refractivity contribution in [3.8, 4) is 5.75 Å². The second-order valence-electron chi connectivity index (χ2n) is 4.39. The van der Waals surface area contributed by atoms with Crippen molar-refractivity contribution < 1.29 is 9.50 Å². The minimum atomic E-state index is -0.214. The summed E-state index contributed by atoms with van der Waals surface area (Å²) in [6, 6.07) is 11.7. The van der Waals surface area contributed by atoms with E-state index in [1.807, 2.05) is 19.9 Å². The molecule has 2 rings (SSSR count). The molecule has 0 saturated carbocycles. The predicted octanol–water partition coefficient (Wildman–Crippen LogP) is 4.01. The van der Waals surface area contributed by atoms with Gasteiger partial charge in [-0.15, -0.1) is 0 Å². The van der Waals surface area contributed by atoms with Crippen molar-refractivity contribution >= 4 is 5.69 Å². The Hall–Kier alpha value is -2.03. The molecule has 0 saturated heterocycles. The molecule has 0 radical (unpaired) electrons. The standard InChI is InChI=1S/C15H16FNO/c1-10-9-12(18)7-8-15(10)17-11(2)13-5-3-4-6-14(13)16/h3-9,11,17-18H,1-2H3. The van der Waals surface area contributed by atoms with Gasteiger partial charge < -0.3 is 10.4 Å². The lowest BCUT2D eigenvalue weighted by Crippen LogP contribution is -2.09. The van der Waals surface area contributed by atoms with Crippen LogP contribution in [0.4, 0.5) is 10.1 Å². The molecule has 0 aromatic heterocycles. The van der Waals surface area contributed by atoms with Crippen molar-refractivity contribution in [3.05, 3.63) is 59.4 Å². The van der Waals surface area contributed by atoms with E-state index in [0.29, 0.717) is 5.56 Å². The van der Waals surface area contributed by atoms with Crippen LogP contribution in [-0.2, 0) is 0 Å². The van der Waals surface area contributed by atoms with E-state index in [1.165, 1.54) is 6.07 Å². The number of phenolic OH excluding ortho intramolecular Hbond substituents is 1. The van der Waals surface area contributed by atoms with Crippen LogP contribution < -0.4 is 5.32 Å². The van der Waals surface area contributed by atoms with Crippen molar-refractivity contribution in [1.82, 2.24) is 0 Å². The highest BCUT2D eigenvalue weighted by Crippen LogP contribution is 2.25. The maximum Gasteiger partial charge on any atom is 0.128 e. The number of anilines is 1. The third-order valence-corrected chi connectivity index (χ3v) is 2.95. The third-order valence-electron chi connectivity index (χ3n) is 2.95. The van der Waals surface area contributed by atoms with Gasteiger partial charge in [0.2, 0.25) is 0 Å². The molecule has 0 bridgehead atoms. The molecule has 0 aliphatic carbocycles. The van der Waals surface area contributed by atoms with Crippen molar-refractivity contribution in [2.24, 2.45) is 0 Å². The van der Waals surface area contributed by atoms with Gasteiger partial charge in [0, 0.05) is 11.3 Å². The summed E-state index contributed by atoms with van der Waals surface area (Å²) in [5, 5.41) is 12.6. The summed E-state index contributed by atoms with van der Waals surface area (Å²) in [5.74, 6) is 0.0190. The first-order valence-electron chi connectivity index (χ1n) is 5.88. The zero-order chi connectivity index (χ0) is 13.1. The van der Waals surface area contributed by atoms with Crippen LogP contribution in [0.1, 0.15) is 24.1 Å². The second-order valence-corrected chi connectivity index (χ2v) is 4.39. The summed E-state index contributed by atoms with van der Waals surface area (Å²) in [7, 11) is 0. The minimum Gasteiger partial charge on any atom is -0.508 e. The van der Waals surface area contributed by atoms with E-state index in [0.717, 1.165) is 11.3 Å². The largest absolute Gasteiger partial charge is 0.508 e. The Balaban J connectivity index is 2.21. The molecule has 2 N–H and O–H groups in total. The molecule has 1 unspecified atom stereocenters. The van der Waals surface area contributed by atoms with Crippen LogP contribution in [0.5, 0.6) is 5.75 Å². The normalized spacial score (nSPS) is 12.2. The van der Waals surface area contributed by atoms with Gasteiger partial charge in [-0.3, -0.25) is 0 Å². The number of benzene rings is 2. The predicted molar refractivity (Wildman–Crippen MR) is 71.3 cm³/mol. The van der Waals surface area contributed by atoms with Crippen LogP contribution in [0.25, 0.3) is 0 Å². The van der Waals surface area contributed by atoms with E-state index in [-0.39, 0.29) is 17.6 Å². The summed E-state index contributed by atoms with van der Waals surface area (Å²) in [4.78, 5) is 0. The van der Waals surface area contributed by atoms with Gasteiger partial charge in [-0.2, -0.15) is 0 Å². The molecule has 18 heavy (non-hydrogen) atoms.